The van der Waals surface area contributed by atoms with E-state index >= 15 is 0 Å². The van der Waals surface area contributed by atoms with Crippen molar-refractivity contribution in [2.24, 2.45) is 0 Å². The summed E-state index contributed by atoms with van der Waals surface area (Å²) in [5, 5.41) is 11.7. The summed E-state index contributed by atoms with van der Waals surface area (Å²) in [5.74, 6) is 1.64. The third kappa shape index (κ3) is 2.09. The topological polar surface area (TPSA) is 68.5 Å². The highest BCUT2D eigenvalue weighted by molar-refractivity contribution is 5.79. The summed E-state index contributed by atoms with van der Waals surface area (Å²) in [6.07, 6.45) is 3.39. The zero-order valence-electron chi connectivity index (χ0n) is 11.5. The van der Waals surface area contributed by atoms with E-state index in [-0.39, 0.29) is 0 Å². The first-order chi connectivity index (χ1) is 9.83. The number of benzene rings is 1. The van der Waals surface area contributed by atoms with Gasteiger partial charge in [-0.15, -0.1) is 10.2 Å². The van der Waals surface area contributed by atoms with E-state index in [1.54, 1.807) is 12.4 Å². The van der Waals surface area contributed by atoms with E-state index in [1.165, 1.54) is 0 Å². The summed E-state index contributed by atoms with van der Waals surface area (Å²) in [6.45, 7) is 5.75. The van der Waals surface area contributed by atoms with Crippen LogP contribution in [0.1, 0.15) is 13.8 Å². The van der Waals surface area contributed by atoms with Gasteiger partial charge in [0.15, 0.2) is 5.82 Å². The first kappa shape index (κ1) is 12.5. The molecule has 0 aliphatic carbocycles. The van der Waals surface area contributed by atoms with Crippen LogP contribution >= 0.6 is 0 Å². The van der Waals surface area contributed by atoms with Crippen molar-refractivity contribution in [1.29, 1.82) is 0 Å². The fourth-order valence-electron chi connectivity index (χ4n) is 2.21. The van der Waals surface area contributed by atoms with E-state index < -0.39 is 0 Å². The van der Waals surface area contributed by atoms with Crippen LogP contribution in [0.2, 0.25) is 0 Å². The standard InChI is InChI=1S/C14H16N6/c1-3-15-14-19-18-13(20(14)4-2)10-5-6-11-12(9-10)17-8-7-16-11/h5-9H,3-4H2,1-2H3,(H,15,19). The van der Waals surface area contributed by atoms with Gasteiger partial charge in [-0.2, -0.15) is 0 Å². The Morgan fingerprint density at radius 1 is 1.05 bits per heavy atom. The van der Waals surface area contributed by atoms with Crippen molar-refractivity contribution < 1.29 is 0 Å². The van der Waals surface area contributed by atoms with Gasteiger partial charge in [-0.3, -0.25) is 14.5 Å². The fourth-order valence-corrected chi connectivity index (χ4v) is 2.21. The minimum Gasteiger partial charge on any atom is -0.355 e. The summed E-state index contributed by atoms with van der Waals surface area (Å²) < 4.78 is 2.06. The molecule has 0 atom stereocenters. The van der Waals surface area contributed by atoms with E-state index in [0.717, 1.165) is 41.5 Å². The number of hydrogen-bond acceptors (Lipinski definition) is 5. The number of nitrogens with zero attached hydrogens (tertiary/aromatic N) is 5. The van der Waals surface area contributed by atoms with Gasteiger partial charge in [0, 0.05) is 31.0 Å². The monoisotopic (exact) mass is 268 g/mol. The predicted octanol–water partition coefficient (Wildman–Crippen LogP) is 2.34. The SMILES string of the molecule is CCNc1nnc(-c2ccc3nccnc3c2)n1CC. The normalized spacial score (nSPS) is 10.9. The maximum absolute atomic E-state index is 4.33. The molecule has 0 aliphatic heterocycles. The second kappa shape index (κ2) is 5.24. The predicted molar refractivity (Wildman–Crippen MR) is 78.4 cm³/mol. The Morgan fingerprint density at radius 3 is 2.60 bits per heavy atom. The first-order valence-corrected chi connectivity index (χ1v) is 6.71. The first-order valence-electron chi connectivity index (χ1n) is 6.71. The molecule has 0 saturated carbocycles. The fraction of sp³-hybridized carbons (Fsp3) is 0.286. The summed E-state index contributed by atoms with van der Waals surface area (Å²) in [5.41, 5.74) is 2.74. The Balaban J connectivity index is 2.10. The maximum atomic E-state index is 4.33. The molecule has 2 aromatic heterocycles. The van der Waals surface area contributed by atoms with Crippen LogP contribution in [-0.2, 0) is 6.54 Å². The lowest BCUT2D eigenvalue weighted by atomic mass is 10.2. The van der Waals surface area contributed by atoms with E-state index in [1.807, 2.05) is 25.1 Å². The highest BCUT2D eigenvalue weighted by atomic mass is 15.3. The molecule has 1 N–H and O–H groups in total. The van der Waals surface area contributed by atoms with E-state index in [9.17, 15) is 0 Å². The van der Waals surface area contributed by atoms with Gasteiger partial charge in [-0.25, -0.2) is 0 Å². The van der Waals surface area contributed by atoms with E-state index in [0.29, 0.717) is 0 Å². The van der Waals surface area contributed by atoms with Gasteiger partial charge >= 0.3 is 0 Å². The molecule has 6 heteroatoms. The van der Waals surface area contributed by atoms with Crippen LogP contribution in [0.5, 0.6) is 0 Å². The highest BCUT2D eigenvalue weighted by Crippen LogP contribution is 2.23. The number of fused-ring (bicyclic) bond motifs is 1. The lowest BCUT2D eigenvalue weighted by molar-refractivity contribution is 0.770. The van der Waals surface area contributed by atoms with Gasteiger partial charge in [0.1, 0.15) is 0 Å². The van der Waals surface area contributed by atoms with Gasteiger partial charge in [0.2, 0.25) is 5.95 Å². The van der Waals surface area contributed by atoms with Gasteiger partial charge in [-0.05, 0) is 32.0 Å². The Hall–Kier alpha value is -2.50. The molecule has 0 aliphatic rings. The number of aromatic nitrogens is 5. The van der Waals surface area contributed by atoms with Crippen molar-refractivity contribution >= 4 is 17.0 Å². The van der Waals surface area contributed by atoms with Crippen molar-refractivity contribution in [3.63, 3.8) is 0 Å². The molecule has 0 fully saturated rings. The van der Waals surface area contributed by atoms with Gasteiger partial charge in [0.25, 0.3) is 0 Å². The Morgan fingerprint density at radius 2 is 1.85 bits per heavy atom. The zero-order valence-corrected chi connectivity index (χ0v) is 11.5. The maximum Gasteiger partial charge on any atom is 0.224 e. The molecular weight excluding hydrogens is 252 g/mol. The minimum atomic E-state index is 0.796. The van der Waals surface area contributed by atoms with Crippen molar-refractivity contribution in [3.8, 4) is 11.4 Å². The highest BCUT2D eigenvalue weighted by Gasteiger charge is 2.12. The van der Waals surface area contributed by atoms with Crippen LogP contribution in [0.4, 0.5) is 5.95 Å². The van der Waals surface area contributed by atoms with Crippen LogP contribution in [0.3, 0.4) is 0 Å². The summed E-state index contributed by atoms with van der Waals surface area (Å²) in [6, 6.07) is 5.95. The minimum absolute atomic E-state index is 0.796. The van der Waals surface area contributed by atoms with Gasteiger partial charge in [-0.1, -0.05) is 0 Å². The van der Waals surface area contributed by atoms with E-state index in [2.05, 4.69) is 37.0 Å². The van der Waals surface area contributed by atoms with Crippen molar-refractivity contribution in [2.75, 3.05) is 11.9 Å². The molecule has 1 aromatic carbocycles. The molecule has 20 heavy (non-hydrogen) atoms. The second-order valence-corrected chi connectivity index (χ2v) is 4.38. The number of anilines is 1. The summed E-state index contributed by atoms with van der Waals surface area (Å²) in [4.78, 5) is 8.61. The molecule has 2 heterocycles. The Bertz CT molecular complexity index is 733. The Kier molecular flexibility index (Phi) is 3.28. The quantitative estimate of drug-likeness (QED) is 0.786. The van der Waals surface area contributed by atoms with Gasteiger partial charge in [0.05, 0.1) is 11.0 Å². The van der Waals surface area contributed by atoms with Crippen LogP contribution in [-0.4, -0.2) is 31.3 Å². The summed E-state index contributed by atoms with van der Waals surface area (Å²) >= 11 is 0. The average Bonchev–Trinajstić information content (AvgIpc) is 2.90. The van der Waals surface area contributed by atoms with Crippen LogP contribution < -0.4 is 5.32 Å². The number of rotatable bonds is 4. The summed E-state index contributed by atoms with van der Waals surface area (Å²) in [7, 11) is 0. The average molecular weight is 268 g/mol. The largest absolute Gasteiger partial charge is 0.355 e. The molecule has 102 valence electrons. The molecule has 3 aromatic rings. The third-order valence-electron chi connectivity index (χ3n) is 3.13. The molecule has 3 rings (SSSR count). The van der Waals surface area contributed by atoms with Crippen LogP contribution in [0.15, 0.2) is 30.6 Å². The molecule has 0 unspecified atom stereocenters. The second-order valence-electron chi connectivity index (χ2n) is 4.38. The van der Waals surface area contributed by atoms with Gasteiger partial charge < -0.3 is 5.32 Å². The molecule has 0 bridgehead atoms. The zero-order chi connectivity index (χ0) is 13.9. The lowest BCUT2D eigenvalue weighted by Gasteiger charge is -2.08. The number of nitrogens with one attached hydrogen (secondary N) is 1. The van der Waals surface area contributed by atoms with Crippen LogP contribution in [0.25, 0.3) is 22.4 Å². The molecular formula is C14H16N6. The van der Waals surface area contributed by atoms with E-state index in [4.69, 9.17) is 0 Å². The van der Waals surface area contributed by atoms with Crippen molar-refractivity contribution in [2.45, 2.75) is 20.4 Å². The van der Waals surface area contributed by atoms with Crippen molar-refractivity contribution in [1.82, 2.24) is 24.7 Å². The Labute approximate surface area is 116 Å². The smallest absolute Gasteiger partial charge is 0.224 e. The lowest BCUT2D eigenvalue weighted by Crippen LogP contribution is -2.06. The number of hydrogen-bond donors (Lipinski definition) is 1. The molecule has 6 nitrogen and oxygen atoms in total. The van der Waals surface area contributed by atoms with Crippen LogP contribution in [0, 0.1) is 0 Å². The van der Waals surface area contributed by atoms with Crippen molar-refractivity contribution in [3.05, 3.63) is 30.6 Å². The molecule has 0 spiro atoms. The third-order valence-corrected chi connectivity index (χ3v) is 3.13. The molecule has 0 radical (unpaired) electrons. The molecule has 0 saturated heterocycles. The molecule has 0 amide bonds.